The van der Waals surface area contributed by atoms with E-state index in [1.54, 1.807) is 0 Å². The molecule has 1 atom stereocenters. The van der Waals surface area contributed by atoms with Crippen molar-refractivity contribution in [1.29, 1.82) is 0 Å². The molecular formula is C21H29N3O2. The zero-order chi connectivity index (χ0) is 18.5. The molecule has 2 aromatic rings. The lowest BCUT2D eigenvalue weighted by atomic mass is 10.1. The number of aliphatic hydroxyl groups is 1. The molecule has 0 aliphatic carbocycles. The molecule has 5 nitrogen and oxygen atoms in total. The molecule has 0 aliphatic rings. The maximum atomic E-state index is 10.2. The fourth-order valence-corrected chi connectivity index (χ4v) is 2.49. The van der Waals surface area contributed by atoms with E-state index in [2.05, 4.69) is 15.6 Å². The highest BCUT2D eigenvalue weighted by atomic mass is 16.5. The number of rotatable bonds is 10. The zero-order valence-corrected chi connectivity index (χ0v) is 15.4. The van der Waals surface area contributed by atoms with Crippen molar-refractivity contribution in [3.05, 3.63) is 71.8 Å². The molecule has 140 valence electrons. The molecule has 26 heavy (non-hydrogen) atoms. The lowest BCUT2D eigenvalue weighted by Gasteiger charge is -2.13. The first kappa shape index (κ1) is 19.9. The third kappa shape index (κ3) is 8.14. The average molecular weight is 355 g/mol. The lowest BCUT2D eigenvalue weighted by molar-refractivity contribution is 0.125. The zero-order valence-electron chi connectivity index (χ0n) is 15.4. The number of nitrogens with zero attached hydrogens (tertiary/aromatic N) is 1. The number of aliphatic imine (C=N–C) groups is 1. The van der Waals surface area contributed by atoms with E-state index < -0.39 is 6.10 Å². The second-order valence-corrected chi connectivity index (χ2v) is 6.03. The molecule has 0 heterocycles. The Morgan fingerprint density at radius 3 is 2.31 bits per heavy atom. The summed E-state index contributed by atoms with van der Waals surface area (Å²) in [6.07, 6.45) is 0.103. The first-order valence-corrected chi connectivity index (χ1v) is 9.13. The minimum atomic E-state index is -0.498. The largest absolute Gasteiger partial charge is 0.391 e. The van der Waals surface area contributed by atoms with Gasteiger partial charge in [0.2, 0.25) is 0 Å². The Hall–Kier alpha value is -2.37. The Balaban J connectivity index is 1.68. The Morgan fingerprint density at radius 1 is 1.00 bits per heavy atom. The van der Waals surface area contributed by atoms with Gasteiger partial charge in [0.05, 0.1) is 25.9 Å². The standard InChI is InChI=1S/C21H29N3O2/c1-2-22-21(23-13-14-26-17-19-11-7-4-8-12-19)24-16-20(25)15-18-9-5-3-6-10-18/h3-12,20,25H,2,13-17H2,1H3,(H2,22,23,24). The second kappa shape index (κ2) is 12.1. The quantitative estimate of drug-likeness (QED) is 0.348. The highest BCUT2D eigenvalue weighted by Gasteiger charge is 2.05. The van der Waals surface area contributed by atoms with Gasteiger partial charge in [-0.15, -0.1) is 0 Å². The monoisotopic (exact) mass is 355 g/mol. The summed E-state index contributed by atoms with van der Waals surface area (Å²) in [4.78, 5) is 4.45. The van der Waals surface area contributed by atoms with Gasteiger partial charge in [0.1, 0.15) is 0 Å². The number of hydrogen-bond acceptors (Lipinski definition) is 3. The van der Waals surface area contributed by atoms with Crippen LogP contribution in [-0.4, -0.2) is 43.4 Å². The van der Waals surface area contributed by atoms with E-state index in [4.69, 9.17) is 4.74 Å². The van der Waals surface area contributed by atoms with Crippen molar-refractivity contribution in [2.24, 2.45) is 4.99 Å². The minimum Gasteiger partial charge on any atom is -0.391 e. The van der Waals surface area contributed by atoms with Gasteiger partial charge in [-0.2, -0.15) is 0 Å². The molecule has 0 bridgehead atoms. The fourth-order valence-electron chi connectivity index (χ4n) is 2.49. The Kier molecular flexibility index (Phi) is 9.25. The van der Waals surface area contributed by atoms with Gasteiger partial charge in [0, 0.05) is 19.5 Å². The molecule has 2 aromatic carbocycles. The Labute approximate surface area is 156 Å². The van der Waals surface area contributed by atoms with E-state index in [9.17, 15) is 5.11 Å². The van der Waals surface area contributed by atoms with Crippen molar-refractivity contribution in [3.63, 3.8) is 0 Å². The molecule has 0 saturated heterocycles. The first-order chi connectivity index (χ1) is 12.8. The maximum Gasteiger partial charge on any atom is 0.191 e. The molecular weight excluding hydrogens is 326 g/mol. The van der Waals surface area contributed by atoms with Gasteiger partial charge in [-0.1, -0.05) is 60.7 Å². The predicted molar refractivity (Wildman–Crippen MR) is 106 cm³/mol. The molecule has 0 radical (unpaired) electrons. The van der Waals surface area contributed by atoms with Crippen LogP contribution in [0, 0.1) is 0 Å². The lowest BCUT2D eigenvalue weighted by Crippen LogP contribution is -2.39. The van der Waals surface area contributed by atoms with E-state index in [0.717, 1.165) is 17.7 Å². The normalized spacial score (nSPS) is 12.6. The van der Waals surface area contributed by atoms with Crippen molar-refractivity contribution in [2.75, 3.05) is 26.2 Å². The molecule has 0 fully saturated rings. The summed E-state index contributed by atoms with van der Waals surface area (Å²) < 4.78 is 5.66. The van der Waals surface area contributed by atoms with E-state index in [-0.39, 0.29) is 0 Å². The SMILES string of the molecule is CCNC(=NCC(O)Cc1ccccc1)NCCOCc1ccccc1. The van der Waals surface area contributed by atoms with Gasteiger partial charge in [-0.05, 0) is 18.1 Å². The third-order valence-corrected chi connectivity index (χ3v) is 3.77. The topological polar surface area (TPSA) is 65.9 Å². The summed E-state index contributed by atoms with van der Waals surface area (Å²) in [6, 6.07) is 20.1. The van der Waals surface area contributed by atoms with Crippen LogP contribution in [0.25, 0.3) is 0 Å². The number of benzene rings is 2. The third-order valence-electron chi connectivity index (χ3n) is 3.77. The number of ether oxygens (including phenoxy) is 1. The summed E-state index contributed by atoms with van der Waals surface area (Å²) in [6.45, 7) is 5.00. The van der Waals surface area contributed by atoms with Crippen LogP contribution in [0.15, 0.2) is 65.7 Å². The van der Waals surface area contributed by atoms with Gasteiger partial charge in [-0.3, -0.25) is 4.99 Å². The van der Waals surface area contributed by atoms with Crippen molar-refractivity contribution < 1.29 is 9.84 Å². The average Bonchev–Trinajstić information content (AvgIpc) is 2.67. The highest BCUT2D eigenvalue weighted by molar-refractivity contribution is 5.79. The summed E-state index contributed by atoms with van der Waals surface area (Å²) >= 11 is 0. The van der Waals surface area contributed by atoms with E-state index >= 15 is 0 Å². The smallest absolute Gasteiger partial charge is 0.191 e. The summed E-state index contributed by atoms with van der Waals surface area (Å²) in [5.74, 6) is 0.697. The molecule has 3 N–H and O–H groups in total. The maximum absolute atomic E-state index is 10.2. The molecule has 1 unspecified atom stereocenters. The van der Waals surface area contributed by atoms with Crippen LogP contribution in [0.2, 0.25) is 0 Å². The van der Waals surface area contributed by atoms with Crippen LogP contribution < -0.4 is 10.6 Å². The number of nitrogens with one attached hydrogen (secondary N) is 2. The molecule has 0 spiro atoms. The Bertz CT molecular complexity index is 632. The summed E-state index contributed by atoms with van der Waals surface area (Å²) in [7, 11) is 0. The number of hydrogen-bond donors (Lipinski definition) is 3. The van der Waals surface area contributed by atoms with E-state index in [1.807, 2.05) is 67.6 Å². The van der Waals surface area contributed by atoms with Gasteiger partial charge >= 0.3 is 0 Å². The van der Waals surface area contributed by atoms with Crippen LogP contribution in [0.1, 0.15) is 18.1 Å². The van der Waals surface area contributed by atoms with Crippen LogP contribution in [0.4, 0.5) is 0 Å². The fraction of sp³-hybridized carbons (Fsp3) is 0.381. The molecule has 0 amide bonds. The van der Waals surface area contributed by atoms with Crippen molar-refractivity contribution in [1.82, 2.24) is 10.6 Å². The molecule has 5 heteroatoms. The van der Waals surface area contributed by atoms with Gasteiger partial charge in [0.25, 0.3) is 0 Å². The van der Waals surface area contributed by atoms with Crippen molar-refractivity contribution in [2.45, 2.75) is 26.1 Å². The van der Waals surface area contributed by atoms with Crippen LogP contribution in [0.5, 0.6) is 0 Å². The molecule has 0 saturated carbocycles. The summed E-state index contributed by atoms with van der Waals surface area (Å²) in [5, 5.41) is 16.6. The number of aliphatic hydroxyl groups excluding tert-OH is 1. The van der Waals surface area contributed by atoms with Gasteiger partial charge in [0.15, 0.2) is 5.96 Å². The van der Waals surface area contributed by atoms with Gasteiger partial charge in [-0.25, -0.2) is 0 Å². The minimum absolute atomic E-state index is 0.356. The highest BCUT2D eigenvalue weighted by Crippen LogP contribution is 2.03. The van der Waals surface area contributed by atoms with E-state index in [0.29, 0.717) is 38.7 Å². The van der Waals surface area contributed by atoms with Crippen molar-refractivity contribution >= 4 is 5.96 Å². The van der Waals surface area contributed by atoms with Gasteiger partial charge < -0.3 is 20.5 Å². The number of guanidine groups is 1. The van der Waals surface area contributed by atoms with Crippen molar-refractivity contribution in [3.8, 4) is 0 Å². The Morgan fingerprint density at radius 2 is 1.65 bits per heavy atom. The molecule has 2 rings (SSSR count). The van der Waals surface area contributed by atoms with Crippen LogP contribution in [0.3, 0.4) is 0 Å². The molecule has 0 aromatic heterocycles. The van der Waals surface area contributed by atoms with Crippen LogP contribution >= 0.6 is 0 Å². The second-order valence-electron chi connectivity index (χ2n) is 6.03. The first-order valence-electron chi connectivity index (χ1n) is 9.13. The molecule has 0 aliphatic heterocycles. The van der Waals surface area contributed by atoms with E-state index in [1.165, 1.54) is 0 Å². The predicted octanol–water partition coefficient (Wildman–Crippen LogP) is 2.36. The summed E-state index contributed by atoms with van der Waals surface area (Å²) in [5.41, 5.74) is 2.28. The van der Waals surface area contributed by atoms with Crippen LogP contribution in [-0.2, 0) is 17.8 Å².